The summed E-state index contributed by atoms with van der Waals surface area (Å²) in [7, 11) is 0. The molecule has 1 aliphatic rings. The molecule has 2 atom stereocenters. The molecule has 2 nitrogen and oxygen atoms in total. The van der Waals surface area contributed by atoms with Gasteiger partial charge in [-0.15, -0.1) is 0 Å². The van der Waals surface area contributed by atoms with Gasteiger partial charge in [-0.05, 0) is 24.6 Å². The molecule has 1 heterocycles. The first-order valence-corrected chi connectivity index (χ1v) is 5.84. The Hall–Kier alpha value is -1.09. The van der Waals surface area contributed by atoms with E-state index < -0.39 is 0 Å². The maximum Gasteiger partial charge on any atom is 0.119 e. The summed E-state index contributed by atoms with van der Waals surface area (Å²) in [4.78, 5) is 0. The van der Waals surface area contributed by atoms with E-state index in [-0.39, 0.29) is 18.5 Å². The van der Waals surface area contributed by atoms with Crippen molar-refractivity contribution in [3.63, 3.8) is 0 Å². The first-order valence-electron chi connectivity index (χ1n) is 5.84. The molecule has 0 radical (unpaired) electrons. The maximum atomic E-state index is 12.8. The van der Waals surface area contributed by atoms with Crippen LogP contribution < -0.4 is 10.1 Å². The van der Waals surface area contributed by atoms with Crippen LogP contribution in [0.1, 0.15) is 18.4 Å². The maximum absolute atomic E-state index is 12.8. The Kier molecular flexibility index (Phi) is 3.78. The van der Waals surface area contributed by atoms with Gasteiger partial charge in [0, 0.05) is 24.9 Å². The van der Waals surface area contributed by atoms with Crippen LogP contribution in [0.4, 0.5) is 4.39 Å². The lowest BCUT2D eigenvalue weighted by Crippen LogP contribution is -2.12. The minimum absolute atomic E-state index is 0.108. The summed E-state index contributed by atoms with van der Waals surface area (Å²) in [6, 6.07) is 8.01. The third-order valence-electron chi connectivity index (χ3n) is 3.14. The molecule has 1 N–H and O–H groups in total. The molecule has 1 aromatic carbocycles. The van der Waals surface area contributed by atoms with Crippen molar-refractivity contribution in [2.45, 2.75) is 12.8 Å². The van der Waals surface area contributed by atoms with Crippen molar-refractivity contribution in [2.24, 2.45) is 5.92 Å². The molecule has 1 fully saturated rings. The second kappa shape index (κ2) is 5.30. The quantitative estimate of drug-likeness (QED) is 0.846. The van der Waals surface area contributed by atoms with Crippen molar-refractivity contribution in [2.75, 3.05) is 26.4 Å². The van der Waals surface area contributed by atoms with E-state index in [1.165, 1.54) is 5.56 Å². The van der Waals surface area contributed by atoms with Crippen molar-refractivity contribution in [1.29, 1.82) is 0 Å². The van der Waals surface area contributed by atoms with Gasteiger partial charge in [-0.3, -0.25) is 4.39 Å². The molecule has 2 rings (SSSR count). The predicted molar refractivity (Wildman–Crippen MR) is 62.7 cm³/mol. The monoisotopic (exact) mass is 223 g/mol. The van der Waals surface area contributed by atoms with E-state index in [4.69, 9.17) is 4.74 Å². The van der Waals surface area contributed by atoms with Crippen LogP contribution in [0.5, 0.6) is 5.75 Å². The summed E-state index contributed by atoms with van der Waals surface area (Å²) in [6.45, 7) is 4.02. The SMILES string of the molecule is CCOc1cccc([C@@H]2CNC[C@H]2CF)c1. The van der Waals surface area contributed by atoms with Crippen molar-refractivity contribution in [1.82, 2.24) is 5.32 Å². The Morgan fingerprint density at radius 3 is 3.06 bits per heavy atom. The molecule has 0 bridgehead atoms. The van der Waals surface area contributed by atoms with Gasteiger partial charge in [0.05, 0.1) is 13.3 Å². The van der Waals surface area contributed by atoms with Crippen molar-refractivity contribution < 1.29 is 9.13 Å². The number of ether oxygens (including phenoxy) is 1. The lowest BCUT2D eigenvalue weighted by atomic mass is 9.90. The fraction of sp³-hybridized carbons (Fsp3) is 0.538. The third kappa shape index (κ3) is 2.35. The highest BCUT2D eigenvalue weighted by molar-refractivity contribution is 5.32. The molecule has 1 saturated heterocycles. The van der Waals surface area contributed by atoms with Crippen LogP contribution in [-0.4, -0.2) is 26.4 Å². The Morgan fingerprint density at radius 1 is 1.44 bits per heavy atom. The number of nitrogens with one attached hydrogen (secondary N) is 1. The number of benzene rings is 1. The zero-order valence-corrected chi connectivity index (χ0v) is 9.58. The Labute approximate surface area is 95.8 Å². The number of hydrogen-bond acceptors (Lipinski definition) is 2. The topological polar surface area (TPSA) is 21.3 Å². The summed E-state index contributed by atoms with van der Waals surface area (Å²) >= 11 is 0. The normalized spacial score (nSPS) is 24.6. The van der Waals surface area contributed by atoms with Crippen LogP contribution in [0.3, 0.4) is 0 Å². The predicted octanol–water partition coefficient (Wildman–Crippen LogP) is 2.36. The molecular formula is C13H18FNO. The Bertz CT molecular complexity index is 342. The standard InChI is InChI=1S/C13H18FNO/c1-2-16-12-5-3-4-10(6-12)13-9-15-8-11(13)7-14/h3-6,11,13,15H,2,7-9H2,1H3/t11-,13+/m1/s1. The van der Waals surface area contributed by atoms with Crippen LogP contribution in [-0.2, 0) is 0 Å². The second-order valence-electron chi connectivity index (χ2n) is 4.18. The Balaban J connectivity index is 2.16. The molecule has 16 heavy (non-hydrogen) atoms. The molecule has 1 aliphatic heterocycles. The molecule has 88 valence electrons. The first-order chi connectivity index (χ1) is 7.85. The minimum atomic E-state index is -0.253. The van der Waals surface area contributed by atoms with Crippen LogP contribution in [0.2, 0.25) is 0 Å². The third-order valence-corrected chi connectivity index (χ3v) is 3.14. The number of alkyl halides is 1. The van der Waals surface area contributed by atoms with E-state index >= 15 is 0 Å². The molecule has 0 amide bonds. The lowest BCUT2D eigenvalue weighted by Gasteiger charge is -2.16. The van der Waals surface area contributed by atoms with E-state index in [0.717, 1.165) is 18.8 Å². The van der Waals surface area contributed by atoms with Gasteiger partial charge in [0.25, 0.3) is 0 Å². The van der Waals surface area contributed by atoms with Crippen molar-refractivity contribution >= 4 is 0 Å². The summed E-state index contributed by atoms with van der Waals surface area (Å²) < 4.78 is 18.3. The zero-order valence-electron chi connectivity index (χ0n) is 9.58. The lowest BCUT2D eigenvalue weighted by molar-refractivity contribution is 0.337. The van der Waals surface area contributed by atoms with Crippen LogP contribution >= 0.6 is 0 Å². The molecule has 0 spiro atoms. The Morgan fingerprint density at radius 2 is 2.31 bits per heavy atom. The van der Waals surface area contributed by atoms with E-state index in [1.54, 1.807) is 0 Å². The first kappa shape index (κ1) is 11.4. The van der Waals surface area contributed by atoms with Gasteiger partial charge in [-0.2, -0.15) is 0 Å². The van der Waals surface area contributed by atoms with E-state index in [1.807, 2.05) is 25.1 Å². The van der Waals surface area contributed by atoms with Gasteiger partial charge >= 0.3 is 0 Å². The summed E-state index contributed by atoms with van der Waals surface area (Å²) in [6.07, 6.45) is 0. The molecule has 0 aliphatic carbocycles. The number of hydrogen-bond donors (Lipinski definition) is 1. The molecule has 0 saturated carbocycles. The molecule has 1 aromatic rings. The minimum Gasteiger partial charge on any atom is -0.494 e. The molecule has 0 unspecified atom stereocenters. The van der Waals surface area contributed by atoms with Crippen LogP contribution in [0.25, 0.3) is 0 Å². The van der Waals surface area contributed by atoms with Crippen molar-refractivity contribution in [3.8, 4) is 5.75 Å². The van der Waals surface area contributed by atoms with Gasteiger partial charge < -0.3 is 10.1 Å². The highest BCUT2D eigenvalue weighted by atomic mass is 19.1. The molecular weight excluding hydrogens is 205 g/mol. The van der Waals surface area contributed by atoms with Gasteiger partial charge in [-0.25, -0.2) is 0 Å². The smallest absolute Gasteiger partial charge is 0.119 e. The van der Waals surface area contributed by atoms with Crippen molar-refractivity contribution in [3.05, 3.63) is 29.8 Å². The number of rotatable bonds is 4. The molecule has 3 heteroatoms. The summed E-state index contributed by atoms with van der Waals surface area (Å²) in [5.41, 5.74) is 1.18. The fourth-order valence-electron chi connectivity index (χ4n) is 2.29. The average Bonchev–Trinajstić information content (AvgIpc) is 2.78. The average molecular weight is 223 g/mol. The van der Waals surface area contributed by atoms with Gasteiger partial charge in [0.15, 0.2) is 0 Å². The molecule has 0 aromatic heterocycles. The van der Waals surface area contributed by atoms with Gasteiger partial charge in [0.1, 0.15) is 5.75 Å². The summed E-state index contributed by atoms with van der Waals surface area (Å²) in [5, 5.41) is 3.24. The second-order valence-corrected chi connectivity index (χ2v) is 4.18. The van der Waals surface area contributed by atoms with Gasteiger partial charge in [-0.1, -0.05) is 12.1 Å². The largest absolute Gasteiger partial charge is 0.494 e. The highest BCUT2D eigenvalue weighted by Crippen LogP contribution is 2.30. The fourth-order valence-corrected chi connectivity index (χ4v) is 2.29. The zero-order chi connectivity index (χ0) is 11.4. The van der Waals surface area contributed by atoms with Gasteiger partial charge in [0.2, 0.25) is 0 Å². The van der Waals surface area contributed by atoms with Crippen LogP contribution in [0.15, 0.2) is 24.3 Å². The highest BCUT2D eigenvalue weighted by Gasteiger charge is 2.28. The van der Waals surface area contributed by atoms with Crippen LogP contribution in [0, 0.1) is 5.92 Å². The van der Waals surface area contributed by atoms with E-state index in [0.29, 0.717) is 6.61 Å². The summed E-state index contributed by atoms with van der Waals surface area (Å²) in [5.74, 6) is 1.27. The van der Waals surface area contributed by atoms with E-state index in [9.17, 15) is 4.39 Å². The van der Waals surface area contributed by atoms with E-state index in [2.05, 4.69) is 11.4 Å². The number of halogens is 1.